The summed E-state index contributed by atoms with van der Waals surface area (Å²) in [4.78, 5) is 22.9. The van der Waals surface area contributed by atoms with Gasteiger partial charge in [-0.2, -0.15) is 0 Å². The van der Waals surface area contributed by atoms with Crippen molar-refractivity contribution in [3.05, 3.63) is 126 Å². The molecule has 0 bridgehead atoms. The van der Waals surface area contributed by atoms with Crippen LogP contribution in [0.25, 0.3) is 0 Å². The van der Waals surface area contributed by atoms with Crippen LogP contribution in [-0.4, -0.2) is 38.2 Å². The van der Waals surface area contributed by atoms with Crippen LogP contribution >= 0.6 is 0 Å². The predicted octanol–water partition coefficient (Wildman–Crippen LogP) is 3.77. The number of rotatable bonds is 7. The van der Waals surface area contributed by atoms with Gasteiger partial charge in [-0.25, -0.2) is 14.6 Å². The second kappa shape index (κ2) is 11.6. The van der Waals surface area contributed by atoms with Crippen LogP contribution in [0.15, 0.2) is 104 Å². The molecule has 1 heterocycles. The van der Waals surface area contributed by atoms with Crippen molar-refractivity contribution in [3.63, 3.8) is 0 Å². The number of benzene rings is 3. The SMILES string of the molecule is NCCCc1cn(C(c2ccccc2)(c2ccccc2)c2ccccc2)cn1.O=C(O)C(=O)O. The zero-order chi connectivity index (χ0) is 24.4. The topological polar surface area (TPSA) is 118 Å². The molecule has 34 heavy (non-hydrogen) atoms. The summed E-state index contributed by atoms with van der Waals surface area (Å²) in [7, 11) is 0. The van der Waals surface area contributed by atoms with Crippen LogP contribution in [0.1, 0.15) is 28.8 Å². The molecule has 4 rings (SSSR count). The number of aryl methyl sites for hydroxylation is 1. The van der Waals surface area contributed by atoms with Gasteiger partial charge in [-0.15, -0.1) is 0 Å². The van der Waals surface area contributed by atoms with Crippen molar-refractivity contribution >= 4 is 11.9 Å². The van der Waals surface area contributed by atoms with Gasteiger partial charge in [0.2, 0.25) is 0 Å². The maximum atomic E-state index is 9.10. The molecule has 0 amide bonds. The lowest BCUT2D eigenvalue weighted by Crippen LogP contribution is -2.36. The van der Waals surface area contributed by atoms with Gasteiger partial charge in [-0.3, -0.25) is 0 Å². The van der Waals surface area contributed by atoms with Crippen LogP contribution < -0.4 is 5.73 Å². The van der Waals surface area contributed by atoms with E-state index in [2.05, 4.69) is 102 Å². The van der Waals surface area contributed by atoms with Gasteiger partial charge in [-0.05, 0) is 36.1 Å². The van der Waals surface area contributed by atoms with Crippen molar-refractivity contribution in [1.29, 1.82) is 0 Å². The van der Waals surface area contributed by atoms with Gasteiger partial charge < -0.3 is 20.5 Å². The number of hydrogen-bond acceptors (Lipinski definition) is 4. The number of imidazole rings is 1. The number of carbonyl (C=O) groups is 2. The summed E-state index contributed by atoms with van der Waals surface area (Å²) in [6.45, 7) is 0.675. The van der Waals surface area contributed by atoms with E-state index >= 15 is 0 Å². The monoisotopic (exact) mass is 457 g/mol. The first kappa shape index (κ1) is 24.4. The Hall–Kier alpha value is -4.23. The van der Waals surface area contributed by atoms with Gasteiger partial charge in [-0.1, -0.05) is 91.0 Å². The van der Waals surface area contributed by atoms with Crippen molar-refractivity contribution in [1.82, 2.24) is 9.55 Å². The normalized spacial score (nSPS) is 10.7. The fraction of sp³-hybridized carbons (Fsp3) is 0.148. The Labute approximate surface area is 198 Å². The molecule has 4 N–H and O–H groups in total. The van der Waals surface area contributed by atoms with Crippen LogP contribution in [0.3, 0.4) is 0 Å². The van der Waals surface area contributed by atoms with Crippen LogP contribution in [-0.2, 0) is 21.5 Å². The molecule has 0 spiro atoms. The molecule has 0 radical (unpaired) electrons. The van der Waals surface area contributed by atoms with Crippen LogP contribution in [0, 0.1) is 0 Å². The van der Waals surface area contributed by atoms with Crippen LogP contribution in [0.5, 0.6) is 0 Å². The molecule has 0 unspecified atom stereocenters. The van der Waals surface area contributed by atoms with E-state index in [0.717, 1.165) is 18.5 Å². The Morgan fingerprint density at radius 1 is 0.765 bits per heavy atom. The van der Waals surface area contributed by atoms with E-state index in [1.807, 2.05) is 6.33 Å². The standard InChI is InChI=1S/C25H25N3.C2H2O4/c26-18-10-17-24-19-28(20-27-24)25(21-11-4-1-5-12-21,22-13-6-2-7-14-22)23-15-8-3-9-16-23;3-1(4)2(5)6/h1-9,11-16,19-20H,10,17-18,26H2;(H,3,4)(H,5,6). The molecule has 0 aliphatic rings. The molecule has 174 valence electrons. The first-order valence-corrected chi connectivity index (χ1v) is 10.9. The molecule has 1 aromatic heterocycles. The predicted molar refractivity (Wildman–Crippen MR) is 129 cm³/mol. The number of carboxylic acids is 2. The van der Waals surface area contributed by atoms with E-state index < -0.39 is 17.5 Å². The Morgan fingerprint density at radius 3 is 1.53 bits per heavy atom. The number of aromatic nitrogens is 2. The minimum absolute atomic E-state index is 0.488. The van der Waals surface area contributed by atoms with Gasteiger partial charge in [0.05, 0.1) is 12.0 Å². The van der Waals surface area contributed by atoms with Crippen molar-refractivity contribution in [2.75, 3.05) is 6.54 Å². The van der Waals surface area contributed by atoms with Crippen molar-refractivity contribution in [2.24, 2.45) is 5.73 Å². The fourth-order valence-corrected chi connectivity index (χ4v) is 3.94. The quantitative estimate of drug-likeness (QED) is 0.287. The van der Waals surface area contributed by atoms with Crippen molar-refractivity contribution in [2.45, 2.75) is 18.4 Å². The highest BCUT2D eigenvalue weighted by Gasteiger charge is 2.38. The lowest BCUT2D eigenvalue weighted by molar-refractivity contribution is -0.159. The van der Waals surface area contributed by atoms with Crippen molar-refractivity contribution < 1.29 is 19.8 Å². The van der Waals surface area contributed by atoms with E-state index in [4.69, 9.17) is 30.5 Å². The van der Waals surface area contributed by atoms with E-state index in [0.29, 0.717) is 6.54 Å². The van der Waals surface area contributed by atoms with Gasteiger partial charge in [0.25, 0.3) is 0 Å². The first-order valence-electron chi connectivity index (χ1n) is 10.9. The Kier molecular flexibility index (Phi) is 8.32. The molecule has 0 atom stereocenters. The molecule has 0 saturated carbocycles. The molecule has 3 aromatic carbocycles. The van der Waals surface area contributed by atoms with E-state index in [-0.39, 0.29) is 0 Å². The second-order valence-electron chi connectivity index (χ2n) is 7.58. The Bertz CT molecular complexity index is 1080. The molecule has 0 aliphatic carbocycles. The summed E-state index contributed by atoms with van der Waals surface area (Å²) >= 11 is 0. The largest absolute Gasteiger partial charge is 0.473 e. The van der Waals surface area contributed by atoms with E-state index in [1.54, 1.807) is 0 Å². The third-order valence-electron chi connectivity index (χ3n) is 5.42. The zero-order valence-corrected chi connectivity index (χ0v) is 18.6. The zero-order valence-electron chi connectivity index (χ0n) is 18.6. The number of aliphatic carboxylic acids is 2. The number of nitrogens with two attached hydrogens (primary N) is 1. The van der Waals surface area contributed by atoms with E-state index in [9.17, 15) is 0 Å². The van der Waals surface area contributed by atoms with Gasteiger partial charge >= 0.3 is 11.9 Å². The summed E-state index contributed by atoms with van der Waals surface area (Å²) in [5.74, 6) is -3.65. The summed E-state index contributed by atoms with van der Waals surface area (Å²) in [6.07, 6.45) is 5.95. The average molecular weight is 458 g/mol. The van der Waals surface area contributed by atoms with Gasteiger partial charge in [0.1, 0.15) is 5.54 Å². The van der Waals surface area contributed by atoms with Crippen molar-refractivity contribution in [3.8, 4) is 0 Å². The molecular weight excluding hydrogens is 430 g/mol. The van der Waals surface area contributed by atoms with Crippen LogP contribution in [0.2, 0.25) is 0 Å². The van der Waals surface area contributed by atoms with Gasteiger partial charge in [0.15, 0.2) is 0 Å². The average Bonchev–Trinajstić information content (AvgIpc) is 3.35. The minimum Gasteiger partial charge on any atom is -0.473 e. The molecule has 0 saturated heterocycles. The summed E-state index contributed by atoms with van der Waals surface area (Å²) < 4.78 is 2.25. The Morgan fingerprint density at radius 2 is 1.18 bits per heavy atom. The molecule has 7 heteroatoms. The lowest BCUT2D eigenvalue weighted by Gasteiger charge is -2.37. The highest BCUT2D eigenvalue weighted by Crippen LogP contribution is 2.40. The van der Waals surface area contributed by atoms with Crippen LogP contribution in [0.4, 0.5) is 0 Å². The maximum Gasteiger partial charge on any atom is 0.414 e. The molecule has 0 aliphatic heterocycles. The first-order chi connectivity index (χ1) is 16.5. The molecule has 7 nitrogen and oxygen atoms in total. The molecule has 0 fully saturated rings. The third-order valence-corrected chi connectivity index (χ3v) is 5.42. The third kappa shape index (κ3) is 5.39. The lowest BCUT2D eigenvalue weighted by atomic mass is 9.77. The second-order valence-corrected chi connectivity index (χ2v) is 7.58. The Balaban J connectivity index is 0.000000481. The summed E-state index contributed by atoms with van der Waals surface area (Å²) in [5, 5.41) is 14.8. The highest BCUT2D eigenvalue weighted by atomic mass is 16.4. The smallest absolute Gasteiger partial charge is 0.414 e. The fourth-order valence-electron chi connectivity index (χ4n) is 3.94. The summed E-state index contributed by atoms with van der Waals surface area (Å²) in [6, 6.07) is 31.9. The number of nitrogens with zero attached hydrogens (tertiary/aromatic N) is 2. The molecular formula is C27H27N3O4. The summed E-state index contributed by atoms with van der Waals surface area (Å²) in [5.41, 5.74) is 9.90. The maximum absolute atomic E-state index is 9.10. The number of carboxylic acid groups (broad SMARTS) is 2. The number of hydrogen-bond donors (Lipinski definition) is 3. The van der Waals surface area contributed by atoms with E-state index in [1.165, 1.54) is 16.7 Å². The highest BCUT2D eigenvalue weighted by molar-refractivity contribution is 6.27. The molecule has 4 aromatic rings. The minimum atomic E-state index is -1.82. The van der Waals surface area contributed by atoms with Gasteiger partial charge in [0, 0.05) is 6.20 Å².